The van der Waals surface area contributed by atoms with Crippen LogP contribution in [0.4, 0.5) is 0 Å². The van der Waals surface area contributed by atoms with Gasteiger partial charge in [0.2, 0.25) is 11.8 Å². The molecule has 5 nitrogen and oxygen atoms in total. The number of carbonyl (C=O) groups is 2. The summed E-state index contributed by atoms with van der Waals surface area (Å²) < 4.78 is 0. The molecular weight excluding hydrogens is 218 g/mol. The third-order valence-corrected chi connectivity index (χ3v) is 3.22. The number of hydrogen-bond acceptors (Lipinski definition) is 3. The summed E-state index contributed by atoms with van der Waals surface area (Å²) in [5.74, 6) is -0.415. The summed E-state index contributed by atoms with van der Waals surface area (Å²) in [5.41, 5.74) is 5.14. The van der Waals surface area contributed by atoms with Crippen LogP contribution in [0, 0.1) is 11.3 Å². The number of amides is 2. The lowest BCUT2D eigenvalue weighted by atomic mass is 10.0. The summed E-state index contributed by atoms with van der Waals surface area (Å²) in [6, 6.07) is 0. The largest absolute Gasteiger partial charge is 0.368 e. The Labute approximate surface area is 94.6 Å². The molecule has 2 atom stereocenters. The Morgan fingerprint density at radius 1 is 1.53 bits per heavy atom. The van der Waals surface area contributed by atoms with E-state index in [0.717, 1.165) is 25.9 Å². The van der Waals surface area contributed by atoms with Crippen LogP contribution in [0.2, 0.25) is 0 Å². The average Bonchev–Trinajstić information content (AvgIpc) is 2.61. The van der Waals surface area contributed by atoms with Crippen molar-refractivity contribution in [2.45, 2.75) is 12.8 Å². The predicted octanol–water partition coefficient (Wildman–Crippen LogP) is -0.991. The molecule has 1 saturated carbocycles. The van der Waals surface area contributed by atoms with E-state index < -0.39 is 5.91 Å². The van der Waals surface area contributed by atoms with Gasteiger partial charge in [-0.3, -0.25) is 9.59 Å². The van der Waals surface area contributed by atoms with Crippen LogP contribution in [0.25, 0.3) is 0 Å². The van der Waals surface area contributed by atoms with Gasteiger partial charge in [0.25, 0.3) is 0 Å². The smallest absolute Gasteiger partial charge is 0.236 e. The van der Waals surface area contributed by atoms with Crippen LogP contribution < -0.4 is 16.4 Å². The Bertz CT molecular complexity index is 277. The second-order valence-electron chi connectivity index (χ2n) is 4.23. The summed E-state index contributed by atoms with van der Waals surface area (Å²) in [7, 11) is 0. The Hall–Kier alpha value is -0.810. The van der Waals surface area contributed by atoms with Crippen molar-refractivity contribution in [3.8, 4) is 0 Å². The molecule has 1 spiro atoms. The Morgan fingerprint density at radius 2 is 2.27 bits per heavy atom. The molecule has 86 valence electrons. The van der Waals surface area contributed by atoms with E-state index in [9.17, 15) is 9.59 Å². The maximum atomic E-state index is 11.5. The molecule has 1 aliphatic carbocycles. The highest BCUT2D eigenvalue weighted by Gasteiger charge is 2.58. The minimum Gasteiger partial charge on any atom is -0.368 e. The van der Waals surface area contributed by atoms with Crippen molar-refractivity contribution in [2.24, 2.45) is 17.1 Å². The third-order valence-electron chi connectivity index (χ3n) is 3.22. The highest BCUT2D eigenvalue weighted by Crippen LogP contribution is 2.56. The summed E-state index contributed by atoms with van der Waals surface area (Å²) in [4.78, 5) is 22.0. The maximum absolute atomic E-state index is 11.5. The second kappa shape index (κ2) is 4.37. The van der Waals surface area contributed by atoms with Crippen LogP contribution in [0.3, 0.4) is 0 Å². The highest BCUT2D eigenvalue weighted by atomic mass is 35.5. The molecule has 2 unspecified atom stereocenters. The van der Waals surface area contributed by atoms with Crippen molar-refractivity contribution in [3.63, 3.8) is 0 Å². The monoisotopic (exact) mass is 233 g/mol. The first kappa shape index (κ1) is 12.3. The minimum atomic E-state index is -0.488. The Morgan fingerprint density at radius 3 is 2.80 bits per heavy atom. The molecule has 1 saturated heterocycles. The fourth-order valence-electron chi connectivity index (χ4n) is 2.25. The zero-order valence-electron chi connectivity index (χ0n) is 8.41. The summed E-state index contributed by atoms with van der Waals surface area (Å²) in [5, 5.41) is 5.81. The minimum absolute atomic E-state index is 0. The molecule has 6 heteroatoms. The van der Waals surface area contributed by atoms with Gasteiger partial charge in [0.05, 0.1) is 6.54 Å². The number of primary amides is 1. The van der Waals surface area contributed by atoms with Crippen LogP contribution in [-0.4, -0.2) is 31.4 Å². The van der Waals surface area contributed by atoms with Gasteiger partial charge in [0.1, 0.15) is 0 Å². The molecule has 4 N–H and O–H groups in total. The van der Waals surface area contributed by atoms with E-state index in [4.69, 9.17) is 5.73 Å². The van der Waals surface area contributed by atoms with Gasteiger partial charge >= 0.3 is 0 Å². The molecule has 1 aliphatic heterocycles. The second-order valence-corrected chi connectivity index (χ2v) is 4.23. The predicted molar refractivity (Wildman–Crippen MR) is 57.5 cm³/mol. The first-order chi connectivity index (χ1) is 6.64. The van der Waals surface area contributed by atoms with Crippen LogP contribution in [0.15, 0.2) is 0 Å². The van der Waals surface area contributed by atoms with Gasteiger partial charge in [0, 0.05) is 12.5 Å². The van der Waals surface area contributed by atoms with E-state index in [0.29, 0.717) is 0 Å². The summed E-state index contributed by atoms with van der Waals surface area (Å²) >= 11 is 0. The lowest BCUT2D eigenvalue weighted by molar-refractivity contribution is -0.126. The Balaban J connectivity index is 0.00000112. The number of nitrogens with one attached hydrogen (secondary N) is 2. The Kier molecular flexibility index (Phi) is 3.57. The van der Waals surface area contributed by atoms with Crippen LogP contribution >= 0.6 is 12.4 Å². The highest BCUT2D eigenvalue weighted by molar-refractivity contribution is 5.87. The van der Waals surface area contributed by atoms with Gasteiger partial charge in [-0.15, -0.1) is 12.4 Å². The van der Waals surface area contributed by atoms with E-state index in [1.807, 2.05) is 0 Å². The van der Waals surface area contributed by atoms with Gasteiger partial charge < -0.3 is 16.4 Å². The van der Waals surface area contributed by atoms with Crippen molar-refractivity contribution in [1.29, 1.82) is 0 Å². The first-order valence-electron chi connectivity index (χ1n) is 4.91. The number of carbonyl (C=O) groups excluding carboxylic acids is 2. The van der Waals surface area contributed by atoms with Gasteiger partial charge in [-0.2, -0.15) is 0 Å². The van der Waals surface area contributed by atoms with E-state index in [1.54, 1.807) is 0 Å². The van der Waals surface area contributed by atoms with E-state index in [2.05, 4.69) is 10.6 Å². The van der Waals surface area contributed by atoms with Crippen molar-refractivity contribution in [3.05, 3.63) is 0 Å². The van der Waals surface area contributed by atoms with Crippen LogP contribution in [0.5, 0.6) is 0 Å². The molecular formula is C9H16ClN3O2. The number of nitrogens with two attached hydrogens (primary N) is 1. The van der Waals surface area contributed by atoms with Gasteiger partial charge in [-0.25, -0.2) is 0 Å². The van der Waals surface area contributed by atoms with Crippen molar-refractivity contribution in [2.75, 3.05) is 19.6 Å². The van der Waals surface area contributed by atoms with Gasteiger partial charge in [-0.1, -0.05) is 0 Å². The topological polar surface area (TPSA) is 84.2 Å². The van der Waals surface area contributed by atoms with Gasteiger partial charge in [-0.05, 0) is 24.8 Å². The molecule has 2 rings (SSSR count). The zero-order chi connectivity index (χ0) is 10.2. The summed E-state index contributed by atoms with van der Waals surface area (Å²) in [6.07, 6.45) is 2.02. The quantitative estimate of drug-likeness (QED) is 0.585. The molecule has 0 aromatic carbocycles. The molecule has 15 heavy (non-hydrogen) atoms. The van der Waals surface area contributed by atoms with Crippen LogP contribution in [-0.2, 0) is 9.59 Å². The molecule has 0 radical (unpaired) electrons. The SMILES string of the molecule is Cl.NC(=O)CNC(=O)C1CC12CCNC2. The standard InChI is InChI=1S/C9H15N3O2.ClH/c10-7(13)4-12-8(14)6-3-9(6)1-2-11-5-9;/h6,11H,1-5H2,(H2,10,13)(H,12,14);1H. The van der Waals surface area contributed by atoms with E-state index in [1.165, 1.54) is 0 Å². The molecule has 0 aromatic heterocycles. The fraction of sp³-hybridized carbons (Fsp3) is 0.778. The van der Waals surface area contributed by atoms with Crippen molar-refractivity contribution < 1.29 is 9.59 Å². The zero-order valence-corrected chi connectivity index (χ0v) is 9.23. The normalized spacial score (nSPS) is 32.1. The van der Waals surface area contributed by atoms with Crippen LogP contribution in [0.1, 0.15) is 12.8 Å². The first-order valence-corrected chi connectivity index (χ1v) is 4.91. The molecule has 1 heterocycles. The van der Waals surface area contributed by atoms with Crippen molar-refractivity contribution >= 4 is 24.2 Å². The third kappa shape index (κ3) is 2.41. The van der Waals surface area contributed by atoms with E-state index in [-0.39, 0.29) is 36.2 Å². The average molecular weight is 234 g/mol. The fourth-order valence-corrected chi connectivity index (χ4v) is 2.25. The molecule has 2 aliphatic rings. The number of hydrogen-bond donors (Lipinski definition) is 3. The van der Waals surface area contributed by atoms with Crippen molar-refractivity contribution in [1.82, 2.24) is 10.6 Å². The number of rotatable bonds is 3. The molecule has 2 fully saturated rings. The molecule has 0 aromatic rings. The number of halogens is 1. The lowest BCUT2D eigenvalue weighted by Crippen LogP contribution is -2.35. The van der Waals surface area contributed by atoms with Gasteiger partial charge in [0.15, 0.2) is 0 Å². The molecule has 2 amide bonds. The van der Waals surface area contributed by atoms with E-state index >= 15 is 0 Å². The molecule has 0 bridgehead atoms. The maximum Gasteiger partial charge on any atom is 0.236 e. The lowest BCUT2D eigenvalue weighted by Gasteiger charge is -2.06. The summed E-state index contributed by atoms with van der Waals surface area (Å²) in [6.45, 7) is 1.89.